The van der Waals surface area contributed by atoms with E-state index in [-0.39, 0.29) is 13.2 Å². The minimum Gasteiger partial charge on any atom is -0.394 e. The van der Waals surface area contributed by atoms with Crippen LogP contribution >= 0.6 is 0 Å². The molecule has 0 saturated heterocycles. The number of rotatable bonds is 4. The molecule has 0 radical (unpaired) electrons. The van der Waals surface area contributed by atoms with Gasteiger partial charge in [-0.2, -0.15) is 0 Å². The van der Waals surface area contributed by atoms with Crippen molar-refractivity contribution in [3.63, 3.8) is 0 Å². The van der Waals surface area contributed by atoms with Crippen LogP contribution in [-0.2, 0) is 0 Å². The highest BCUT2D eigenvalue weighted by molar-refractivity contribution is 5.89. The number of anilines is 1. The first-order chi connectivity index (χ1) is 7.22. The minimum absolute atomic E-state index is 0.0230. The maximum absolute atomic E-state index is 11.2. The monoisotopic (exact) mass is 210 g/mol. The largest absolute Gasteiger partial charge is 0.394 e. The second-order valence-corrected chi connectivity index (χ2v) is 3.04. The number of amides is 2. The molecule has 1 aromatic carbocycles. The lowest BCUT2D eigenvalue weighted by atomic mass is 10.3. The predicted molar refractivity (Wildman–Crippen MR) is 56.6 cm³/mol. The quantitative estimate of drug-likeness (QED) is 0.571. The number of carbonyl (C=O) groups is 1. The molecule has 15 heavy (non-hydrogen) atoms. The number of carbonyl (C=O) groups excluding carboxylic acids is 1. The number of aliphatic hydroxyl groups excluding tert-OH is 2. The molecule has 0 aromatic heterocycles. The van der Waals surface area contributed by atoms with E-state index in [2.05, 4.69) is 10.6 Å². The molecule has 1 unspecified atom stereocenters. The van der Waals surface area contributed by atoms with Crippen molar-refractivity contribution >= 4 is 11.7 Å². The zero-order valence-electron chi connectivity index (χ0n) is 8.18. The van der Waals surface area contributed by atoms with Gasteiger partial charge in [-0.1, -0.05) is 18.2 Å². The highest BCUT2D eigenvalue weighted by atomic mass is 16.3. The molecule has 5 nitrogen and oxygen atoms in total. The standard InChI is InChI=1S/C10H14N2O3/c13-7-9(14)6-11-10(15)12-8-4-2-1-3-5-8/h1-5,9,13-14H,6-7H2,(H2,11,12,15). The van der Waals surface area contributed by atoms with E-state index < -0.39 is 12.1 Å². The highest BCUT2D eigenvalue weighted by Crippen LogP contribution is 2.03. The van der Waals surface area contributed by atoms with Crippen molar-refractivity contribution in [1.29, 1.82) is 0 Å². The Morgan fingerprint density at radius 2 is 2.00 bits per heavy atom. The summed E-state index contributed by atoms with van der Waals surface area (Å²) in [5, 5.41) is 22.5. The summed E-state index contributed by atoms with van der Waals surface area (Å²) in [7, 11) is 0. The average Bonchev–Trinajstić information content (AvgIpc) is 2.27. The van der Waals surface area contributed by atoms with Crippen molar-refractivity contribution in [1.82, 2.24) is 5.32 Å². The van der Waals surface area contributed by atoms with Crippen molar-refractivity contribution in [2.75, 3.05) is 18.5 Å². The molecule has 1 aromatic rings. The second kappa shape index (κ2) is 6.00. The summed E-state index contributed by atoms with van der Waals surface area (Å²) in [6.45, 7) is -0.346. The number of hydrogen-bond donors (Lipinski definition) is 4. The number of hydrogen-bond acceptors (Lipinski definition) is 3. The van der Waals surface area contributed by atoms with Crippen molar-refractivity contribution in [2.24, 2.45) is 0 Å². The third-order valence-corrected chi connectivity index (χ3v) is 1.74. The van der Waals surface area contributed by atoms with Gasteiger partial charge in [-0.25, -0.2) is 4.79 Å². The van der Waals surface area contributed by atoms with Crippen LogP contribution in [0, 0.1) is 0 Å². The smallest absolute Gasteiger partial charge is 0.319 e. The van der Waals surface area contributed by atoms with Crippen LogP contribution in [0.4, 0.5) is 10.5 Å². The maximum Gasteiger partial charge on any atom is 0.319 e. The van der Waals surface area contributed by atoms with Crippen LogP contribution < -0.4 is 10.6 Å². The molecule has 0 heterocycles. The molecule has 4 N–H and O–H groups in total. The van der Waals surface area contributed by atoms with Crippen LogP contribution in [-0.4, -0.2) is 35.5 Å². The van der Waals surface area contributed by atoms with Crippen molar-refractivity contribution < 1.29 is 15.0 Å². The molecule has 2 amide bonds. The lowest BCUT2D eigenvalue weighted by Gasteiger charge is -2.09. The van der Waals surface area contributed by atoms with Gasteiger partial charge in [-0.15, -0.1) is 0 Å². The van der Waals surface area contributed by atoms with Gasteiger partial charge < -0.3 is 20.8 Å². The number of benzene rings is 1. The average molecular weight is 210 g/mol. The Bertz CT molecular complexity index is 303. The maximum atomic E-state index is 11.2. The van der Waals surface area contributed by atoms with Crippen LogP contribution in [0.5, 0.6) is 0 Å². The predicted octanol–water partition coefficient (Wildman–Crippen LogP) is 0.161. The van der Waals surface area contributed by atoms with Gasteiger partial charge in [0.15, 0.2) is 0 Å². The topological polar surface area (TPSA) is 81.6 Å². The highest BCUT2D eigenvalue weighted by Gasteiger charge is 2.04. The number of para-hydroxylation sites is 1. The van der Waals surface area contributed by atoms with Gasteiger partial charge in [0.1, 0.15) is 0 Å². The summed E-state index contributed by atoms with van der Waals surface area (Å²) in [5.41, 5.74) is 0.675. The Kier molecular flexibility index (Phi) is 4.59. The van der Waals surface area contributed by atoms with E-state index in [1.165, 1.54) is 0 Å². The molecule has 5 heteroatoms. The van der Waals surface area contributed by atoms with Crippen molar-refractivity contribution in [3.8, 4) is 0 Å². The SMILES string of the molecule is O=C(NCC(O)CO)Nc1ccccc1. The van der Waals surface area contributed by atoms with E-state index in [0.717, 1.165) is 0 Å². The van der Waals surface area contributed by atoms with Crippen LogP contribution in [0.2, 0.25) is 0 Å². The Morgan fingerprint density at radius 1 is 1.33 bits per heavy atom. The Morgan fingerprint density at radius 3 is 2.60 bits per heavy atom. The van der Waals surface area contributed by atoms with E-state index in [1.54, 1.807) is 24.3 Å². The number of urea groups is 1. The molecule has 0 saturated carbocycles. The Hall–Kier alpha value is -1.59. The summed E-state index contributed by atoms with van der Waals surface area (Å²) in [5.74, 6) is 0. The zero-order valence-corrected chi connectivity index (χ0v) is 8.18. The van der Waals surface area contributed by atoms with E-state index in [4.69, 9.17) is 10.2 Å². The fourth-order valence-corrected chi connectivity index (χ4v) is 0.972. The van der Waals surface area contributed by atoms with E-state index in [0.29, 0.717) is 5.69 Å². The van der Waals surface area contributed by atoms with Crippen LogP contribution in [0.25, 0.3) is 0 Å². The van der Waals surface area contributed by atoms with Gasteiger partial charge in [0.2, 0.25) is 0 Å². The molecule has 0 fully saturated rings. The molecule has 0 aliphatic rings. The minimum atomic E-state index is -0.925. The molecular weight excluding hydrogens is 196 g/mol. The molecule has 0 bridgehead atoms. The molecule has 1 atom stereocenters. The van der Waals surface area contributed by atoms with Gasteiger partial charge >= 0.3 is 6.03 Å². The van der Waals surface area contributed by atoms with Crippen LogP contribution in [0.15, 0.2) is 30.3 Å². The van der Waals surface area contributed by atoms with Gasteiger partial charge in [-0.05, 0) is 12.1 Å². The Balaban J connectivity index is 2.31. The summed E-state index contributed by atoms with van der Waals surface area (Å²) in [6, 6.07) is 8.55. The van der Waals surface area contributed by atoms with Gasteiger partial charge in [0.25, 0.3) is 0 Å². The number of nitrogens with one attached hydrogen (secondary N) is 2. The van der Waals surface area contributed by atoms with Gasteiger partial charge in [0.05, 0.1) is 12.7 Å². The first kappa shape index (κ1) is 11.5. The van der Waals surface area contributed by atoms with E-state index in [9.17, 15) is 4.79 Å². The number of aliphatic hydroxyl groups is 2. The zero-order chi connectivity index (χ0) is 11.1. The summed E-state index contributed by atoms with van der Waals surface area (Å²) >= 11 is 0. The van der Waals surface area contributed by atoms with Gasteiger partial charge in [-0.3, -0.25) is 0 Å². The fraction of sp³-hybridized carbons (Fsp3) is 0.300. The first-order valence-electron chi connectivity index (χ1n) is 4.61. The molecule has 0 spiro atoms. The third-order valence-electron chi connectivity index (χ3n) is 1.74. The molecule has 0 aliphatic heterocycles. The molecule has 82 valence electrons. The van der Waals surface area contributed by atoms with Crippen molar-refractivity contribution in [3.05, 3.63) is 30.3 Å². The van der Waals surface area contributed by atoms with Gasteiger partial charge in [0, 0.05) is 12.2 Å². The summed E-state index contributed by atoms with van der Waals surface area (Å²) in [6.07, 6.45) is -0.925. The lowest BCUT2D eigenvalue weighted by molar-refractivity contribution is 0.0965. The first-order valence-corrected chi connectivity index (χ1v) is 4.61. The Labute approximate surface area is 87.7 Å². The van der Waals surface area contributed by atoms with Crippen LogP contribution in [0.3, 0.4) is 0 Å². The second-order valence-electron chi connectivity index (χ2n) is 3.04. The lowest BCUT2D eigenvalue weighted by Crippen LogP contribution is -2.36. The molecular formula is C10H14N2O3. The summed E-state index contributed by atoms with van der Waals surface area (Å²) in [4.78, 5) is 11.2. The molecule has 0 aliphatic carbocycles. The van der Waals surface area contributed by atoms with E-state index in [1.807, 2.05) is 6.07 Å². The molecule has 1 rings (SSSR count). The fourth-order valence-electron chi connectivity index (χ4n) is 0.972. The van der Waals surface area contributed by atoms with E-state index >= 15 is 0 Å². The van der Waals surface area contributed by atoms with Crippen molar-refractivity contribution in [2.45, 2.75) is 6.10 Å². The third kappa shape index (κ3) is 4.44. The van der Waals surface area contributed by atoms with Crippen LogP contribution in [0.1, 0.15) is 0 Å². The normalized spacial score (nSPS) is 11.9. The summed E-state index contributed by atoms with van der Waals surface area (Å²) < 4.78 is 0.